The second-order valence-corrected chi connectivity index (χ2v) is 6.64. The van der Waals surface area contributed by atoms with Gasteiger partial charge in [0.25, 0.3) is 0 Å². The molecule has 1 aromatic carbocycles. The third-order valence-electron chi connectivity index (χ3n) is 4.41. The number of aromatic nitrogens is 1. The summed E-state index contributed by atoms with van der Waals surface area (Å²) in [7, 11) is 0. The molecular formula is C20H23N3O3. The highest BCUT2D eigenvalue weighted by Crippen LogP contribution is 2.23. The molecule has 0 unspecified atom stereocenters. The van der Waals surface area contributed by atoms with Crippen molar-refractivity contribution in [2.45, 2.75) is 32.9 Å². The van der Waals surface area contributed by atoms with Crippen LogP contribution in [0.1, 0.15) is 25.8 Å². The molecule has 2 amide bonds. The third-order valence-corrected chi connectivity index (χ3v) is 4.41. The van der Waals surface area contributed by atoms with E-state index in [1.54, 1.807) is 17.2 Å². The van der Waals surface area contributed by atoms with Gasteiger partial charge in [-0.15, -0.1) is 0 Å². The lowest BCUT2D eigenvalue weighted by Gasteiger charge is -2.20. The largest absolute Gasteiger partial charge is 0.439 e. The molecule has 1 saturated heterocycles. The molecule has 0 radical (unpaired) electrons. The van der Waals surface area contributed by atoms with Crippen LogP contribution in [0.3, 0.4) is 0 Å². The summed E-state index contributed by atoms with van der Waals surface area (Å²) in [6, 6.07) is 13.2. The first kappa shape index (κ1) is 17.9. The Morgan fingerprint density at radius 2 is 2.04 bits per heavy atom. The van der Waals surface area contributed by atoms with Crippen LogP contribution in [0.2, 0.25) is 0 Å². The van der Waals surface area contributed by atoms with Gasteiger partial charge in [-0.05, 0) is 32.0 Å². The lowest BCUT2D eigenvalue weighted by Crippen LogP contribution is -2.35. The minimum absolute atomic E-state index is 0.0367. The quantitative estimate of drug-likeness (QED) is 0.867. The zero-order chi connectivity index (χ0) is 18.5. The zero-order valence-electron chi connectivity index (χ0n) is 15.0. The normalized spacial score (nSPS) is 16.8. The molecule has 0 aliphatic carbocycles. The average molecular weight is 353 g/mol. The van der Waals surface area contributed by atoms with Crippen molar-refractivity contribution in [1.82, 2.24) is 15.2 Å². The molecule has 1 N–H and O–H groups in total. The van der Waals surface area contributed by atoms with Gasteiger partial charge in [-0.25, -0.2) is 4.98 Å². The summed E-state index contributed by atoms with van der Waals surface area (Å²) >= 11 is 0. The highest BCUT2D eigenvalue weighted by atomic mass is 16.5. The van der Waals surface area contributed by atoms with Gasteiger partial charge >= 0.3 is 0 Å². The Bertz CT molecular complexity index is 777. The number of carbonyl (C=O) groups excluding carboxylic acids is 2. The van der Waals surface area contributed by atoms with Gasteiger partial charge in [0.15, 0.2) is 0 Å². The summed E-state index contributed by atoms with van der Waals surface area (Å²) in [5.74, 6) is 0.767. The van der Waals surface area contributed by atoms with Crippen LogP contribution in [-0.4, -0.2) is 34.3 Å². The molecule has 0 saturated carbocycles. The van der Waals surface area contributed by atoms with Gasteiger partial charge in [0.1, 0.15) is 5.75 Å². The Morgan fingerprint density at radius 3 is 2.73 bits per heavy atom. The predicted molar refractivity (Wildman–Crippen MR) is 97.6 cm³/mol. The number of nitrogens with zero attached hydrogens (tertiary/aromatic N) is 2. The van der Waals surface area contributed by atoms with Gasteiger partial charge in [0.05, 0.1) is 5.92 Å². The molecule has 3 rings (SSSR count). The van der Waals surface area contributed by atoms with Crippen molar-refractivity contribution in [2.75, 3.05) is 6.54 Å². The predicted octanol–water partition coefficient (Wildman–Crippen LogP) is 2.75. The van der Waals surface area contributed by atoms with E-state index in [2.05, 4.69) is 10.3 Å². The number of likely N-dealkylation sites (tertiary alicyclic amines) is 1. The second kappa shape index (κ2) is 7.99. The Hall–Kier alpha value is -2.89. The monoisotopic (exact) mass is 353 g/mol. The summed E-state index contributed by atoms with van der Waals surface area (Å²) in [6.07, 6.45) is 1.92. The Balaban J connectivity index is 1.62. The molecule has 2 heterocycles. The number of rotatable bonds is 6. The number of carbonyl (C=O) groups is 2. The van der Waals surface area contributed by atoms with E-state index in [0.29, 0.717) is 24.7 Å². The van der Waals surface area contributed by atoms with Gasteiger partial charge in [0, 0.05) is 37.3 Å². The number of amides is 2. The SMILES string of the molecule is CC(C)N1C[C@@H](C(=O)NCc2cccnc2Oc2ccccc2)CC1=O. The highest BCUT2D eigenvalue weighted by molar-refractivity contribution is 5.89. The average Bonchev–Trinajstić information content (AvgIpc) is 3.04. The van der Waals surface area contributed by atoms with Crippen LogP contribution in [-0.2, 0) is 16.1 Å². The molecule has 1 aliphatic rings. The van der Waals surface area contributed by atoms with Crippen molar-refractivity contribution in [1.29, 1.82) is 0 Å². The van der Waals surface area contributed by atoms with Crippen LogP contribution < -0.4 is 10.1 Å². The first-order valence-corrected chi connectivity index (χ1v) is 8.78. The van der Waals surface area contributed by atoms with Crippen molar-refractivity contribution in [3.05, 3.63) is 54.2 Å². The fourth-order valence-corrected chi connectivity index (χ4v) is 2.98. The fraction of sp³-hybridized carbons (Fsp3) is 0.350. The first-order valence-electron chi connectivity index (χ1n) is 8.78. The zero-order valence-corrected chi connectivity index (χ0v) is 15.0. The summed E-state index contributed by atoms with van der Waals surface area (Å²) in [5, 5.41) is 2.91. The van der Waals surface area contributed by atoms with Crippen molar-refractivity contribution < 1.29 is 14.3 Å². The lowest BCUT2D eigenvalue weighted by atomic mass is 10.1. The van der Waals surface area contributed by atoms with Gasteiger partial charge < -0.3 is 15.0 Å². The van der Waals surface area contributed by atoms with Gasteiger partial charge in [0.2, 0.25) is 17.7 Å². The van der Waals surface area contributed by atoms with Crippen LogP contribution in [0.15, 0.2) is 48.7 Å². The molecule has 1 aliphatic heterocycles. The minimum atomic E-state index is -0.305. The Kier molecular flexibility index (Phi) is 5.51. The van der Waals surface area contributed by atoms with Crippen molar-refractivity contribution >= 4 is 11.8 Å². The maximum atomic E-state index is 12.5. The van der Waals surface area contributed by atoms with E-state index in [9.17, 15) is 9.59 Å². The summed E-state index contributed by atoms with van der Waals surface area (Å²) in [5.41, 5.74) is 0.787. The van der Waals surface area contributed by atoms with Crippen LogP contribution in [0.5, 0.6) is 11.6 Å². The van der Waals surface area contributed by atoms with Crippen LogP contribution in [0.4, 0.5) is 0 Å². The Labute approximate surface area is 153 Å². The summed E-state index contributed by atoms with van der Waals surface area (Å²) in [4.78, 5) is 30.4. The smallest absolute Gasteiger partial charge is 0.225 e. The van der Waals surface area contributed by atoms with Gasteiger partial charge in [-0.2, -0.15) is 0 Å². The van der Waals surface area contributed by atoms with Crippen molar-refractivity contribution in [2.24, 2.45) is 5.92 Å². The van der Waals surface area contributed by atoms with E-state index in [4.69, 9.17) is 4.74 Å². The number of benzene rings is 1. The molecule has 1 fully saturated rings. The summed E-state index contributed by atoms with van der Waals surface area (Å²) < 4.78 is 5.81. The van der Waals surface area contributed by atoms with Crippen LogP contribution in [0.25, 0.3) is 0 Å². The minimum Gasteiger partial charge on any atom is -0.439 e. The molecule has 0 bridgehead atoms. The van der Waals surface area contributed by atoms with Crippen molar-refractivity contribution in [3.63, 3.8) is 0 Å². The molecule has 136 valence electrons. The molecule has 26 heavy (non-hydrogen) atoms. The van der Waals surface area contributed by atoms with Crippen molar-refractivity contribution in [3.8, 4) is 11.6 Å². The number of hydrogen-bond acceptors (Lipinski definition) is 4. The molecule has 1 atom stereocenters. The number of nitrogens with one attached hydrogen (secondary N) is 1. The maximum Gasteiger partial charge on any atom is 0.225 e. The molecule has 2 aromatic rings. The third kappa shape index (κ3) is 4.20. The fourth-order valence-electron chi connectivity index (χ4n) is 2.98. The Morgan fingerprint density at radius 1 is 1.27 bits per heavy atom. The highest BCUT2D eigenvalue weighted by Gasteiger charge is 2.35. The van der Waals surface area contributed by atoms with E-state index in [1.165, 1.54) is 0 Å². The maximum absolute atomic E-state index is 12.5. The number of para-hydroxylation sites is 1. The van der Waals surface area contributed by atoms with E-state index < -0.39 is 0 Å². The first-order chi connectivity index (χ1) is 12.5. The van der Waals surface area contributed by atoms with Crippen LogP contribution in [0, 0.1) is 5.92 Å². The molecule has 0 spiro atoms. The van der Waals surface area contributed by atoms with Gasteiger partial charge in [-0.3, -0.25) is 9.59 Å². The van der Waals surface area contributed by atoms with E-state index in [-0.39, 0.29) is 30.2 Å². The molecule has 1 aromatic heterocycles. The number of pyridine rings is 1. The summed E-state index contributed by atoms with van der Waals surface area (Å²) in [6.45, 7) is 4.70. The van der Waals surface area contributed by atoms with E-state index in [0.717, 1.165) is 5.56 Å². The topological polar surface area (TPSA) is 71.5 Å². The van der Waals surface area contributed by atoms with E-state index >= 15 is 0 Å². The number of hydrogen-bond donors (Lipinski definition) is 1. The van der Waals surface area contributed by atoms with E-state index in [1.807, 2.05) is 50.2 Å². The lowest BCUT2D eigenvalue weighted by molar-refractivity contribution is -0.130. The standard InChI is InChI=1S/C20H23N3O3/c1-14(2)23-13-16(11-18(23)24)19(25)22-12-15-7-6-10-21-20(15)26-17-8-4-3-5-9-17/h3-10,14,16H,11-13H2,1-2H3,(H,22,25)/t16-/m0/s1. The molecule has 6 heteroatoms. The van der Waals surface area contributed by atoms with Crippen LogP contribution >= 0.6 is 0 Å². The molecular weight excluding hydrogens is 330 g/mol. The molecule has 6 nitrogen and oxygen atoms in total. The van der Waals surface area contributed by atoms with Gasteiger partial charge in [-0.1, -0.05) is 24.3 Å². The number of ether oxygens (including phenoxy) is 1. The second-order valence-electron chi connectivity index (χ2n) is 6.64.